The van der Waals surface area contributed by atoms with E-state index in [1.54, 1.807) is 0 Å². The summed E-state index contributed by atoms with van der Waals surface area (Å²) in [6, 6.07) is 0. The van der Waals surface area contributed by atoms with Crippen LogP contribution in [0.15, 0.2) is 23.3 Å². The van der Waals surface area contributed by atoms with Gasteiger partial charge in [-0.15, -0.1) is 0 Å². The molecule has 0 radical (unpaired) electrons. The molecular formula is C14H18O8. The van der Waals surface area contributed by atoms with Crippen molar-refractivity contribution in [1.29, 1.82) is 0 Å². The minimum atomic E-state index is -1.32. The molecule has 0 fully saturated rings. The molecule has 0 rings (SSSR count). The summed E-state index contributed by atoms with van der Waals surface area (Å²) < 4.78 is 0. The van der Waals surface area contributed by atoms with Gasteiger partial charge < -0.3 is 20.4 Å². The normalized spacial score (nSPS) is 12.0. The Morgan fingerprint density at radius 2 is 0.909 bits per heavy atom. The van der Waals surface area contributed by atoms with Crippen LogP contribution in [-0.4, -0.2) is 44.3 Å². The average Bonchev–Trinajstić information content (AvgIpc) is 2.38. The summed E-state index contributed by atoms with van der Waals surface area (Å²) in [4.78, 5) is 42.4. The van der Waals surface area contributed by atoms with Gasteiger partial charge in [-0.1, -0.05) is 12.8 Å². The highest BCUT2D eigenvalue weighted by molar-refractivity contribution is 5.95. The number of hydrogen-bond acceptors (Lipinski definition) is 4. The Bertz CT molecular complexity index is 455. The summed E-state index contributed by atoms with van der Waals surface area (Å²) in [5.74, 6) is -5.19. The van der Waals surface area contributed by atoms with Gasteiger partial charge in [0.25, 0.3) is 0 Å². The van der Waals surface area contributed by atoms with E-state index < -0.39 is 23.9 Å². The van der Waals surface area contributed by atoms with Crippen LogP contribution in [0.1, 0.15) is 38.5 Å². The first-order chi connectivity index (χ1) is 10.2. The Hall–Kier alpha value is -2.64. The molecule has 0 aromatic heterocycles. The molecule has 0 amide bonds. The Balaban J connectivity index is 4.13. The first-order valence-electron chi connectivity index (χ1n) is 6.57. The van der Waals surface area contributed by atoms with Gasteiger partial charge in [-0.25, -0.2) is 19.2 Å². The molecule has 0 saturated heterocycles. The summed E-state index contributed by atoms with van der Waals surface area (Å²) in [7, 11) is 0. The van der Waals surface area contributed by atoms with Gasteiger partial charge in [0.15, 0.2) is 0 Å². The van der Waals surface area contributed by atoms with Gasteiger partial charge in [-0.05, 0) is 25.7 Å². The molecule has 8 nitrogen and oxygen atoms in total. The van der Waals surface area contributed by atoms with Crippen molar-refractivity contribution in [3.63, 3.8) is 0 Å². The van der Waals surface area contributed by atoms with Gasteiger partial charge in [-0.2, -0.15) is 0 Å². The van der Waals surface area contributed by atoms with Crippen molar-refractivity contribution in [3.05, 3.63) is 23.3 Å². The standard InChI is InChI=1S/C14H18O8/c15-11(16)7-9(13(19)20)5-3-1-2-4-6-10(14(21)22)8-12(17)18/h7-8H,1-6H2,(H,15,16)(H,17,18)(H,19,20)(H,21,22)/b9-7-,10-8-. The van der Waals surface area contributed by atoms with Crippen molar-refractivity contribution < 1.29 is 39.6 Å². The molecule has 22 heavy (non-hydrogen) atoms. The lowest BCUT2D eigenvalue weighted by Gasteiger charge is -2.03. The van der Waals surface area contributed by atoms with Crippen molar-refractivity contribution in [2.45, 2.75) is 38.5 Å². The second-order valence-electron chi connectivity index (χ2n) is 4.54. The van der Waals surface area contributed by atoms with E-state index in [0.29, 0.717) is 37.8 Å². The van der Waals surface area contributed by atoms with E-state index in [2.05, 4.69) is 0 Å². The highest BCUT2D eigenvalue weighted by atomic mass is 16.4. The summed E-state index contributed by atoms with van der Waals surface area (Å²) in [6.07, 6.45) is 3.61. The van der Waals surface area contributed by atoms with Crippen LogP contribution in [0, 0.1) is 0 Å². The number of rotatable bonds is 11. The topological polar surface area (TPSA) is 149 Å². The van der Waals surface area contributed by atoms with Crippen LogP contribution in [0.2, 0.25) is 0 Å². The first-order valence-corrected chi connectivity index (χ1v) is 6.57. The zero-order valence-electron chi connectivity index (χ0n) is 11.8. The molecule has 0 unspecified atom stereocenters. The molecule has 0 atom stereocenters. The van der Waals surface area contributed by atoms with Gasteiger partial charge in [0.1, 0.15) is 0 Å². The quantitative estimate of drug-likeness (QED) is 0.331. The molecule has 122 valence electrons. The number of unbranched alkanes of at least 4 members (excludes halogenated alkanes) is 3. The van der Waals surface area contributed by atoms with Crippen molar-refractivity contribution in [1.82, 2.24) is 0 Å². The lowest BCUT2D eigenvalue weighted by atomic mass is 10.0. The smallest absolute Gasteiger partial charge is 0.331 e. The molecule has 0 saturated carbocycles. The van der Waals surface area contributed by atoms with Crippen LogP contribution in [-0.2, 0) is 19.2 Å². The van der Waals surface area contributed by atoms with Gasteiger partial charge in [0.05, 0.1) is 0 Å². The van der Waals surface area contributed by atoms with Crippen LogP contribution >= 0.6 is 0 Å². The van der Waals surface area contributed by atoms with Gasteiger partial charge in [-0.3, -0.25) is 0 Å². The van der Waals surface area contributed by atoms with Crippen molar-refractivity contribution in [2.24, 2.45) is 0 Å². The Kier molecular flexibility index (Phi) is 8.92. The Labute approximate surface area is 126 Å². The third-order valence-electron chi connectivity index (χ3n) is 2.79. The Morgan fingerprint density at radius 1 is 0.591 bits per heavy atom. The highest BCUT2D eigenvalue weighted by Crippen LogP contribution is 2.14. The van der Waals surface area contributed by atoms with E-state index in [1.165, 1.54) is 0 Å². The van der Waals surface area contributed by atoms with Gasteiger partial charge in [0, 0.05) is 23.3 Å². The number of aliphatic carboxylic acids is 4. The number of hydrogen-bond donors (Lipinski definition) is 4. The van der Waals surface area contributed by atoms with E-state index >= 15 is 0 Å². The number of carbonyl (C=O) groups is 4. The summed E-state index contributed by atoms with van der Waals surface area (Å²) in [6.45, 7) is 0. The predicted octanol–water partition coefficient (Wildman–Crippen LogP) is 1.52. The van der Waals surface area contributed by atoms with Gasteiger partial charge >= 0.3 is 23.9 Å². The van der Waals surface area contributed by atoms with Crippen LogP contribution in [0.25, 0.3) is 0 Å². The number of carboxylic acids is 4. The minimum Gasteiger partial charge on any atom is -0.478 e. The lowest BCUT2D eigenvalue weighted by Crippen LogP contribution is -2.05. The fourth-order valence-corrected chi connectivity index (χ4v) is 1.76. The largest absolute Gasteiger partial charge is 0.478 e. The third kappa shape index (κ3) is 9.29. The molecule has 0 aliphatic heterocycles. The Morgan fingerprint density at radius 3 is 1.14 bits per heavy atom. The molecule has 4 N–H and O–H groups in total. The monoisotopic (exact) mass is 314 g/mol. The zero-order valence-corrected chi connectivity index (χ0v) is 11.8. The maximum absolute atomic E-state index is 10.8. The van der Waals surface area contributed by atoms with E-state index in [9.17, 15) is 19.2 Å². The van der Waals surface area contributed by atoms with Crippen molar-refractivity contribution >= 4 is 23.9 Å². The SMILES string of the molecule is O=C(O)/C=C(/CCCCCC/C(=C/C(=O)O)C(=O)O)C(=O)O. The molecule has 0 aromatic carbocycles. The second kappa shape index (κ2) is 10.1. The fourth-order valence-electron chi connectivity index (χ4n) is 1.76. The molecule has 0 aromatic rings. The van der Waals surface area contributed by atoms with E-state index in [0.717, 1.165) is 0 Å². The highest BCUT2D eigenvalue weighted by Gasteiger charge is 2.10. The molecule has 0 aliphatic rings. The van der Waals surface area contributed by atoms with Crippen LogP contribution in [0.4, 0.5) is 0 Å². The second-order valence-corrected chi connectivity index (χ2v) is 4.54. The lowest BCUT2D eigenvalue weighted by molar-refractivity contribution is -0.135. The van der Waals surface area contributed by atoms with Crippen LogP contribution in [0.3, 0.4) is 0 Å². The summed E-state index contributed by atoms with van der Waals surface area (Å²) in [5.41, 5.74) is -0.381. The molecule has 0 aliphatic carbocycles. The predicted molar refractivity (Wildman–Crippen MR) is 74.4 cm³/mol. The zero-order chi connectivity index (χ0) is 17.1. The van der Waals surface area contributed by atoms with E-state index in [1.807, 2.05) is 0 Å². The fraction of sp³-hybridized carbons (Fsp3) is 0.429. The van der Waals surface area contributed by atoms with E-state index in [4.69, 9.17) is 20.4 Å². The maximum atomic E-state index is 10.8. The van der Waals surface area contributed by atoms with Crippen molar-refractivity contribution in [3.8, 4) is 0 Å². The minimum absolute atomic E-state index is 0.110. The molecule has 0 heterocycles. The van der Waals surface area contributed by atoms with E-state index in [-0.39, 0.29) is 24.0 Å². The third-order valence-corrected chi connectivity index (χ3v) is 2.79. The summed E-state index contributed by atoms with van der Waals surface area (Å²) >= 11 is 0. The molecule has 0 spiro atoms. The molecular weight excluding hydrogens is 296 g/mol. The molecule has 8 heteroatoms. The number of carboxylic acid groups (broad SMARTS) is 4. The summed E-state index contributed by atoms with van der Waals surface area (Å²) in [5, 5.41) is 34.6. The maximum Gasteiger partial charge on any atom is 0.331 e. The van der Waals surface area contributed by atoms with Crippen LogP contribution < -0.4 is 0 Å². The first kappa shape index (κ1) is 19.4. The van der Waals surface area contributed by atoms with Crippen LogP contribution in [0.5, 0.6) is 0 Å². The van der Waals surface area contributed by atoms with Crippen molar-refractivity contribution in [2.75, 3.05) is 0 Å². The molecule has 0 bridgehead atoms. The van der Waals surface area contributed by atoms with Gasteiger partial charge in [0.2, 0.25) is 0 Å². The average molecular weight is 314 g/mol.